The summed E-state index contributed by atoms with van der Waals surface area (Å²) in [5, 5.41) is 0.544. The Kier molecular flexibility index (Phi) is 4.21. The molecule has 5 nitrogen and oxygen atoms in total. The number of carbonyl (C=O) groups excluding carboxylic acids is 2. The SMILES string of the molecule is COC(=O)Cc1cc2c(cc1C(=O)c1ccc(Cl)cc1)OCO2. The van der Waals surface area contributed by atoms with Gasteiger partial charge in [-0.3, -0.25) is 9.59 Å². The molecule has 0 fully saturated rings. The third-order valence-electron chi connectivity index (χ3n) is 3.51. The van der Waals surface area contributed by atoms with Gasteiger partial charge in [0.15, 0.2) is 17.3 Å². The molecule has 23 heavy (non-hydrogen) atoms. The van der Waals surface area contributed by atoms with E-state index in [1.807, 2.05) is 0 Å². The molecule has 2 aromatic carbocycles. The van der Waals surface area contributed by atoms with Crippen LogP contribution in [-0.2, 0) is 16.0 Å². The molecule has 1 aliphatic rings. The van der Waals surface area contributed by atoms with Gasteiger partial charge in [-0.1, -0.05) is 11.6 Å². The lowest BCUT2D eigenvalue weighted by Crippen LogP contribution is -2.11. The summed E-state index contributed by atoms with van der Waals surface area (Å²) in [6.45, 7) is 0.0889. The molecular weight excluding hydrogens is 320 g/mol. The molecule has 3 rings (SSSR count). The highest BCUT2D eigenvalue weighted by molar-refractivity contribution is 6.30. The summed E-state index contributed by atoms with van der Waals surface area (Å²) in [6, 6.07) is 9.79. The highest BCUT2D eigenvalue weighted by Gasteiger charge is 2.23. The van der Waals surface area contributed by atoms with Crippen LogP contribution in [0.5, 0.6) is 11.5 Å². The van der Waals surface area contributed by atoms with Gasteiger partial charge < -0.3 is 14.2 Å². The Bertz CT molecular complexity index is 767. The first-order valence-electron chi connectivity index (χ1n) is 6.88. The molecular formula is C17H13ClO5. The quantitative estimate of drug-likeness (QED) is 0.636. The van der Waals surface area contributed by atoms with E-state index in [2.05, 4.69) is 4.74 Å². The van der Waals surface area contributed by atoms with E-state index in [0.717, 1.165) is 0 Å². The Morgan fingerprint density at radius 3 is 2.43 bits per heavy atom. The summed E-state index contributed by atoms with van der Waals surface area (Å²) in [6.07, 6.45) is -0.0260. The van der Waals surface area contributed by atoms with Gasteiger partial charge in [-0.2, -0.15) is 0 Å². The summed E-state index contributed by atoms with van der Waals surface area (Å²) < 4.78 is 15.3. The molecule has 0 saturated carbocycles. The van der Waals surface area contributed by atoms with Gasteiger partial charge in [-0.25, -0.2) is 0 Å². The van der Waals surface area contributed by atoms with E-state index in [4.69, 9.17) is 21.1 Å². The van der Waals surface area contributed by atoms with E-state index < -0.39 is 5.97 Å². The summed E-state index contributed by atoms with van der Waals surface area (Å²) in [5.74, 6) is 0.334. The van der Waals surface area contributed by atoms with Crippen LogP contribution in [0.25, 0.3) is 0 Å². The Morgan fingerprint density at radius 2 is 1.78 bits per heavy atom. The fraction of sp³-hybridized carbons (Fsp3) is 0.176. The van der Waals surface area contributed by atoms with E-state index in [1.165, 1.54) is 7.11 Å². The normalized spacial score (nSPS) is 12.1. The lowest BCUT2D eigenvalue weighted by molar-refractivity contribution is -0.139. The molecule has 0 saturated heterocycles. The fourth-order valence-electron chi connectivity index (χ4n) is 2.33. The number of fused-ring (bicyclic) bond motifs is 1. The second-order valence-corrected chi connectivity index (χ2v) is 5.39. The Hall–Kier alpha value is -2.53. The summed E-state index contributed by atoms with van der Waals surface area (Å²) in [4.78, 5) is 24.4. The van der Waals surface area contributed by atoms with E-state index in [0.29, 0.717) is 33.2 Å². The van der Waals surface area contributed by atoms with Crippen LogP contribution < -0.4 is 9.47 Å². The minimum atomic E-state index is -0.436. The zero-order valence-corrected chi connectivity index (χ0v) is 13.1. The summed E-state index contributed by atoms with van der Waals surface area (Å²) in [7, 11) is 1.30. The highest BCUT2D eigenvalue weighted by atomic mass is 35.5. The minimum Gasteiger partial charge on any atom is -0.469 e. The molecule has 0 aliphatic carbocycles. The predicted octanol–water partition coefficient (Wildman–Crippen LogP) is 3.02. The molecule has 0 amide bonds. The first-order valence-corrected chi connectivity index (χ1v) is 7.26. The first kappa shape index (κ1) is 15.4. The second-order valence-electron chi connectivity index (χ2n) is 4.95. The number of rotatable bonds is 4. The monoisotopic (exact) mass is 332 g/mol. The fourth-order valence-corrected chi connectivity index (χ4v) is 2.45. The van der Waals surface area contributed by atoms with Crippen molar-refractivity contribution < 1.29 is 23.8 Å². The van der Waals surface area contributed by atoms with Crippen molar-refractivity contribution in [2.75, 3.05) is 13.9 Å². The molecule has 2 aromatic rings. The van der Waals surface area contributed by atoms with Crippen LogP contribution in [0.1, 0.15) is 21.5 Å². The van der Waals surface area contributed by atoms with Crippen LogP contribution in [0.2, 0.25) is 5.02 Å². The van der Waals surface area contributed by atoms with Gasteiger partial charge in [-0.05, 0) is 42.0 Å². The maximum atomic E-state index is 12.8. The number of hydrogen-bond acceptors (Lipinski definition) is 5. The molecule has 0 N–H and O–H groups in total. The van der Waals surface area contributed by atoms with Gasteiger partial charge in [0.05, 0.1) is 13.5 Å². The molecule has 0 bridgehead atoms. The van der Waals surface area contributed by atoms with Crippen molar-refractivity contribution in [3.63, 3.8) is 0 Å². The van der Waals surface area contributed by atoms with Crippen molar-refractivity contribution >= 4 is 23.4 Å². The lowest BCUT2D eigenvalue weighted by Gasteiger charge is -2.10. The van der Waals surface area contributed by atoms with Crippen LogP contribution in [-0.4, -0.2) is 25.7 Å². The van der Waals surface area contributed by atoms with E-state index in [1.54, 1.807) is 36.4 Å². The Labute approximate surface area is 137 Å². The number of carbonyl (C=O) groups is 2. The number of ketones is 1. The Morgan fingerprint density at radius 1 is 1.13 bits per heavy atom. The molecule has 0 atom stereocenters. The summed E-state index contributed by atoms with van der Waals surface area (Å²) in [5.41, 5.74) is 1.38. The van der Waals surface area contributed by atoms with Crippen molar-refractivity contribution in [2.24, 2.45) is 0 Å². The standard InChI is InChI=1S/C17H13ClO5/c1-21-16(19)7-11-6-14-15(23-9-22-14)8-13(11)17(20)10-2-4-12(18)5-3-10/h2-6,8H,7,9H2,1H3. The molecule has 0 spiro atoms. The van der Waals surface area contributed by atoms with Crippen LogP contribution in [0.4, 0.5) is 0 Å². The number of methoxy groups -OCH3 is 1. The third-order valence-corrected chi connectivity index (χ3v) is 3.76. The van der Waals surface area contributed by atoms with Crippen LogP contribution >= 0.6 is 11.6 Å². The van der Waals surface area contributed by atoms with Crippen molar-refractivity contribution in [1.82, 2.24) is 0 Å². The number of benzene rings is 2. The van der Waals surface area contributed by atoms with Gasteiger partial charge in [0, 0.05) is 16.1 Å². The average molecular weight is 333 g/mol. The van der Waals surface area contributed by atoms with Crippen LogP contribution in [0.3, 0.4) is 0 Å². The second kappa shape index (κ2) is 6.30. The number of ether oxygens (including phenoxy) is 3. The first-order chi connectivity index (χ1) is 11.1. The number of halogens is 1. The molecule has 0 unspecified atom stereocenters. The molecule has 6 heteroatoms. The largest absolute Gasteiger partial charge is 0.469 e. The number of hydrogen-bond donors (Lipinski definition) is 0. The maximum Gasteiger partial charge on any atom is 0.310 e. The zero-order chi connectivity index (χ0) is 16.4. The van der Waals surface area contributed by atoms with Crippen LogP contribution in [0.15, 0.2) is 36.4 Å². The lowest BCUT2D eigenvalue weighted by atomic mass is 9.96. The molecule has 118 valence electrons. The van der Waals surface area contributed by atoms with Crippen molar-refractivity contribution in [2.45, 2.75) is 6.42 Å². The van der Waals surface area contributed by atoms with Crippen molar-refractivity contribution in [1.29, 1.82) is 0 Å². The Balaban J connectivity index is 2.03. The predicted molar refractivity (Wildman–Crippen MR) is 83.2 cm³/mol. The maximum absolute atomic E-state index is 12.8. The molecule has 0 radical (unpaired) electrons. The van der Waals surface area contributed by atoms with Gasteiger partial charge >= 0.3 is 5.97 Å². The van der Waals surface area contributed by atoms with Crippen molar-refractivity contribution in [3.05, 3.63) is 58.1 Å². The molecule has 1 aliphatic heterocycles. The molecule has 1 heterocycles. The minimum absolute atomic E-state index is 0.0260. The third kappa shape index (κ3) is 3.14. The smallest absolute Gasteiger partial charge is 0.310 e. The van der Waals surface area contributed by atoms with Crippen molar-refractivity contribution in [3.8, 4) is 11.5 Å². The van der Waals surface area contributed by atoms with Gasteiger partial charge in [0.2, 0.25) is 6.79 Å². The average Bonchev–Trinajstić information content (AvgIpc) is 3.01. The van der Waals surface area contributed by atoms with E-state index in [-0.39, 0.29) is 19.0 Å². The van der Waals surface area contributed by atoms with Gasteiger partial charge in [0.25, 0.3) is 0 Å². The summed E-state index contributed by atoms with van der Waals surface area (Å²) >= 11 is 5.85. The van der Waals surface area contributed by atoms with E-state index >= 15 is 0 Å². The topological polar surface area (TPSA) is 61.8 Å². The molecule has 0 aromatic heterocycles. The highest BCUT2D eigenvalue weighted by Crippen LogP contribution is 2.36. The van der Waals surface area contributed by atoms with Crippen LogP contribution in [0, 0.1) is 0 Å². The van der Waals surface area contributed by atoms with Gasteiger partial charge in [-0.15, -0.1) is 0 Å². The number of esters is 1. The van der Waals surface area contributed by atoms with Gasteiger partial charge in [0.1, 0.15) is 0 Å². The van der Waals surface area contributed by atoms with E-state index in [9.17, 15) is 9.59 Å². The zero-order valence-electron chi connectivity index (χ0n) is 12.3.